The van der Waals surface area contributed by atoms with Crippen LogP contribution < -0.4 is 10.1 Å². The number of ether oxygens (including phenoxy) is 1. The van der Waals surface area contributed by atoms with E-state index in [1.165, 1.54) is 51.5 Å². The predicted molar refractivity (Wildman–Crippen MR) is 95.5 cm³/mol. The van der Waals surface area contributed by atoms with E-state index < -0.39 is 0 Å². The van der Waals surface area contributed by atoms with Gasteiger partial charge in [-0.25, -0.2) is 0 Å². The Bertz CT molecular complexity index is 600. The van der Waals surface area contributed by atoms with Crippen molar-refractivity contribution in [2.24, 2.45) is 5.92 Å². The molecular weight excluding hydrogens is 284 g/mol. The highest BCUT2D eigenvalue weighted by molar-refractivity contribution is 5.62. The van der Waals surface area contributed by atoms with Gasteiger partial charge in [0.05, 0.1) is 12.8 Å². The summed E-state index contributed by atoms with van der Waals surface area (Å²) in [5.74, 6) is 1.88. The smallest absolute Gasteiger partial charge is 0.142 e. The zero-order chi connectivity index (χ0) is 16.0. The molecule has 0 radical (unpaired) electrons. The molecular formula is C20H30N2O. The maximum atomic E-state index is 5.69. The summed E-state index contributed by atoms with van der Waals surface area (Å²) in [7, 11) is 6.14. The van der Waals surface area contributed by atoms with Gasteiger partial charge < -0.3 is 15.0 Å². The summed E-state index contributed by atoms with van der Waals surface area (Å²) in [6.45, 7) is 1.25. The fourth-order valence-corrected chi connectivity index (χ4v) is 5.63. The van der Waals surface area contributed by atoms with E-state index in [9.17, 15) is 0 Å². The van der Waals surface area contributed by atoms with Crippen molar-refractivity contribution < 1.29 is 4.74 Å². The normalized spacial score (nSPS) is 33.3. The number of methoxy groups -OCH3 is 1. The summed E-state index contributed by atoms with van der Waals surface area (Å²) in [6, 6.07) is 5.46. The quantitative estimate of drug-likeness (QED) is 0.898. The molecule has 0 spiro atoms. The lowest BCUT2D eigenvalue weighted by atomic mass is 9.70. The molecule has 4 rings (SSSR count). The highest BCUT2D eigenvalue weighted by atomic mass is 16.5. The molecule has 126 valence electrons. The Morgan fingerprint density at radius 1 is 1.26 bits per heavy atom. The highest BCUT2D eigenvalue weighted by Crippen LogP contribution is 2.52. The lowest BCUT2D eigenvalue weighted by Crippen LogP contribution is -2.39. The van der Waals surface area contributed by atoms with Gasteiger partial charge in [0, 0.05) is 13.1 Å². The number of likely N-dealkylation sites (N-methyl/N-ethyl adjacent to an activating group) is 1. The number of hydrogen-bond donors (Lipinski definition) is 1. The molecule has 1 N–H and O–H groups in total. The van der Waals surface area contributed by atoms with E-state index in [0.717, 1.165) is 17.4 Å². The Hall–Kier alpha value is -1.22. The number of anilines is 1. The number of nitrogens with one attached hydrogen (secondary N) is 1. The van der Waals surface area contributed by atoms with Crippen LogP contribution in [-0.2, 0) is 11.8 Å². The average Bonchev–Trinajstić information content (AvgIpc) is 2.92. The molecule has 3 atom stereocenters. The third-order valence-electron chi connectivity index (χ3n) is 6.88. The lowest BCUT2D eigenvalue weighted by molar-refractivity contribution is 0.181. The minimum absolute atomic E-state index is 0.384. The first-order valence-electron chi connectivity index (χ1n) is 9.26. The molecule has 3 aliphatic rings. The van der Waals surface area contributed by atoms with Crippen LogP contribution in [0.1, 0.15) is 49.7 Å². The Morgan fingerprint density at radius 2 is 2.13 bits per heavy atom. The van der Waals surface area contributed by atoms with Gasteiger partial charge in [0.25, 0.3) is 0 Å². The van der Waals surface area contributed by atoms with E-state index in [2.05, 4.69) is 29.4 Å². The van der Waals surface area contributed by atoms with Gasteiger partial charge >= 0.3 is 0 Å². The molecule has 3 heteroatoms. The molecule has 2 fully saturated rings. The second kappa shape index (κ2) is 5.70. The van der Waals surface area contributed by atoms with Gasteiger partial charge in [0.15, 0.2) is 0 Å². The van der Waals surface area contributed by atoms with Crippen LogP contribution in [0, 0.1) is 5.92 Å². The molecule has 3 bridgehead atoms. The number of likely N-dealkylation sites (tertiary alicyclic amines) is 1. The monoisotopic (exact) mass is 314 g/mol. The van der Waals surface area contributed by atoms with E-state index in [1.54, 1.807) is 18.2 Å². The third-order valence-corrected chi connectivity index (χ3v) is 6.88. The average molecular weight is 314 g/mol. The van der Waals surface area contributed by atoms with Crippen LogP contribution in [0.5, 0.6) is 5.75 Å². The fourth-order valence-electron chi connectivity index (χ4n) is 5.63. The van der Waals surface area contributed by atoms with Crippen LogP contribution in [0.15, 0.2) is 12.1 Å². The Balaban J connectivity index is 1.91. The second-order valence-electron chi connectivity index (χ2n) is 7.95. The summed E-state index contributed by atoms with van der Waals surface area (Å²) in [6.07, 6.45) is 9.49. The molecule has 0 unspecified atom stereocenters. The number of hydrogen-bond acceptors (Lipinski definition) is 3. The summed E-state index contributed by atoms with van der Waals surface area (Å²) >= 11 is 0. The molecule has 1 aromatic rings. The topological polar surface area (TPSA) is 24.5 Å². The SMILES string of the molecule is CNc1cc2c(cc1OC)[C@@]13CCCC[C@@H](C1)[C@H](C2)N(C)CC3. The zero-order valence-corrected chi connectivity index (χ0v) is 14.8. The first kappa shape index (κ1) is 15.3. The predicted octanol–water partition coefficient (Wildman–Crippen LogP) is 3.82. The van der Waals surface area contributed by atoms with Crippen molar-refractivity contribution in [2.75, 3.05) is 33.1 Å². The molecule has 1 aromatic carbocycles. The van der Waals surface area contributed by atoms with Crippen LogP contribution in [0.25, 0.3) is 0 Å². The van der Waals surface area contributed by atoms with Gasteiger partial charge in [-0.15, -0.1) is 0 Å². The van der Waals surface area contributed by atoms with E-state index in [-0.39, 0.29) is 0 Å². The Kier molecular flexibility index (Phi) is 3.79. The summed E-state index contributed by atoms with van der Waals surface area (Å²) in [5, 5.41) is 3.33. The van der Waals surface area contributed by atoms with Crippen LogP contribution in [0.4, 0.5) is 5.69 Å². The number of fused-ring (bicyclic) bond motifs is 1. The van der Waals surface area contributed by atoms with E-state index >= 15 is 0 Å². The fraction of sp³-hybridized carbons (Fsp3) is 0.700. The van der Waals surface area contributed by atoms with Gasteiger partial charge in [-0.1, -0.05) is 12.8 Å². The number of rotatable bonds is 2. The maximum Gasteiger partial charge on any atom is 0.142 e. The molecule has 3 nitrogen and oxygen atoms in total. The highest BCUT2D eigenvalue weighted by Gasteiger charge is 2.46. The van der Waals surface area contributed by atoms with Crippen molar-refractivity contribution in [1.82, 2.24) is 4.90 Å². The summed E-state index contributed by atoms with van der Waals surface area (Å²) in [5.41, 5.74) is 4.69. The maximum absolute atomic E-state index is 5.69. The first-order chi connectivity index (χ1) is 11.2. The van der Waals surface area contributed by atoms with Crippen LogP contribution >= 0.6 is 0 Å². The van der Waals surface area contributed by atoms with Crippen LogP contribution in [0.3, 0.4) is 0 Å². The molecule has 1 heterocycles. The zero-order valence-electron chi connectivity index (χ0n) is 14.8. The molecule has 0 aromatic heterocycles. The van der Waals surface area contributed by atoms with E-state index in [4.69, 9.17) is 4.74 Å². The van der Waals surface area contributed by atoms with Crippen LogP contribution in [0.2, 0.25) is 0 Å². The van der Waals surface area contributed by atoms with Crippen molar-refractivity contribution in [3.8, 4) is 5.75 Å². The molecule has 0 amide bonds. The second-order valence-corrected chi connectivity index (χ2v) is 7.95. The Morgan fingerprint density at radius 3 is 2.91 bits per heavy atom. The van der Waals surface area contributed by atoms with Crippen molar-refractivity contribution in [3.05, 3.63) is 23.3 Å². The minimum Gasteiger partial charge on any atom is -0.495 e. The largest absolute Gasteiger partial charge is 0.495 e. The van der Waals surface area contributed by atoms with E-state index in [0.29, 0.717) is 11.5 Å². The summed E-state index contributed by atoms with van der Waals surface area (Å²) < 4.78 is 5.69. The number of benzene rings is 1. The minimum atomic E-state index is 0.384. The van der Waals surface area contributed by atoms with Gasteiger partial charge in [-0.3, -0.25) is 0 Å². The van der Waals surface area contributed by atoms with Crippen molar-refractivity contribution >= 4 is 5.69 Å². The van der Waals surface area contributed by atoms with Gasteiger partial charge in [-0.05, 0) is 80.3 Å². The molecule has 1 aliphatic heterocycles. The third kappa shape index (κ3) is 2.36. The summed E-state index contributed by atoms with van der Waals surface area (Å²) in [4.78, 5) is 2.66. The van der Waals surface area contributed by atoms with Crippen LogP contribution in [-0.4, -0.2) is 38.7 Å². The van der Waals surface area contributed by atoms with Crippen molar-refractivity contribution in [2.45, 2.75) is 56.4 Å². The van der Waals surface area contributed by atoms with Gasteiger partial charge in [0.1, 0.15) is 5.75 Å². The molecule has 1 saturated heterocycles. The Labute approximate surface area is 140 Å². The van der Waals surface area contributed by atoms with Crippen molar-refractivity contribution in [3.63, 3.8) is 0 Å². The van der Waals surface area contributed by atoms with Gasteiger partial charge in [0.2, 0.25) is 0 Å². The lowest BCUT2D eigenvalue weighted by Gasteiger charge is -2.37. The van der Waals surface area contributed by atoms with Crippen molar-refractivity contribution in [1.29, 1.82) is 0 Å². The molecule has 23 heavy (non-hydrogen) atoms. The number of nitrogens with zero attached hydrogens (tertiary/aromatic N) is 1. The standard InChI is InChI=1S/C20H30N2O/c1-21-17-10-15-11-18-14-6-4-5-7-20(13-14,8-9-22(18)2)16(15)12-19(17)23-3/h10,12,14,18,21H,4-9,11,13H2,1-3H3/t14-,18-,20+/m0/s1. The first-order valence-corrected chi connectivity index (χ1v) is 9.26. The van der Waals surface area contributed by atoms with Gasteiger partial charge in [-0.2, -0.15) is 0 Å². The molecule has 2 aliphatic carbocycles. The van der Waals surface area contributed by atoms with E-state index in [1.807, 2.05) is 7.05 Å². The molecule has 1 saturated carbocycles.